The van der Waals surface area contributed by atoms with Gasteiger partial charge in [0.15, 0.2) is 0 Å². The van der Waals surface area contributed by atoms with Crippen molar-refractivity contribution in [2.75, 3.05) is 0 Å². The molecule has 0 fully saturated rings. The van der Waals surface area contributed by atoms with Gasteiger partial charge in [-0.15, -0.1) is 0 Å². The smallest absolute Gasteiger partial charge is 0.523 e. The number of rotatable bonds is 12. The highest BCUT2D eigenvalue weighted by Gasteiger charge is 2.33. The minimum absolute atomic E-state index is 0.0743. The Morgan fingerprint density at radius 2 is 1.30 bits per heavy atom. The van der Waals surface area contributed by atoms with E-state index in [0.717, 1.165) is 23.7 Å². The van der Waals surface area contributed by atoms with Crippen LogP contribution in [0.4, 0.5) is 0 Å². The van der Waals surface area contributed by atoms with E-state index >= 15 is 0 Å². The molecule has 0 radical (unpaired) electrons. The lowest BCUT2D eigenvalue weighted by Gasteiger charge is -2.17. The van der Waals surface area contributed by atoms with Gasteiger partial charge >= 0.3 is 7.12 Å². The van der Waals surface area contributed by atoms with E-state index in [2.05, 4.69) is 13.8 Å². The van der Waals surface area contributed by atoms with Crippen LogP contribution < -0.4 is 9.31 Å². The van der Waals surface area contributed by atoms with Crippen LogP contribution in [0, 0.1) is 5.92 Å². The second-order valence-corrected chi connectivity index (χ2v) is 6.91. The summed E-state index contributed by atoms with van der Waals surface area (Å²) in [5.74, 6) is 2.56. The molecule has 0 saturated heterocycles. The van der Waals surface area contributed by atoms with Crippen LogP contribution in [0.2, 0.25) is 6.32 Å². The Labute approximate surface area is 143 Å². The zero-order valence-electron chi connectivity index (χ0n) is 15.1. The molecule has 0 atom stereocenters. The van der Waals surface area contributed by atoms with Crippen molar-refractivity contribution in [3.63, 3.8) is 0 Å². The molecule has 0 saturated carbocycles. The lowest BCUT2D eigenvalue weighted by molar-refractivity contribution is 0.400. The summed E-state index contributed by atoms with van der Waals surface area (Å²) in [6, 6.07) is 8.04. The number of benzene rings is 1. The van der Waals surface area contributed by atoms with Crippen LogP contribution in [-0.4, -0.2) is 7.12 Å². The molecule has 0 amide bonds. The van der Waals surface area contributed by atoms with Crippen LogP contribution in [0.25, 0.3) is 0 Å². The van der Waals surface area contributed by atoms with Gasteiger partial charge in [-0.25, -0.2) is 0 Å². The molecule has 1 aromatic rings. The van der Waals surface area contributed by atoms with E-state index in [0.29, 0.717) is 0 Å². The molecule has 1 heterocycles. The van der Waals surface area contributed by atoms with Crippen LogP contribution >= 0.6 is 0 Å². The highest BCUT2D eigenvalue weighted by atomic mass is 16.6. The molecule has 0 spiro atoms. The van der Waals surface area contributed by atoms with Crippen LogP contribution in [0.15, 0.2) is 24.3 Å². The molecule has 1 aromatic carbocycles. The molecule has 128 valence electrons. The summed E-state index contributed by atoms with van der Waals surface area (Å²) in [5, 5.41) is 0. The molecule has 23 heavy (non-hydrogen) atoms. The van der Waals surface area contributed by atoms with Crippen molar-refractivity contribution < 1.29 is 9.31 Å². The Kier molecular flexibility index (Phi) is 8.42. The molecule has 0 bridgehead atoms. The molecular weight excluding hydrogens is 283 g/mol. The van der Waals surface area contributed by atoms with Gasteiger partial charge in [0.1, 0.15) is 11.5 Å². The third kappa shape index (κ3) is 6.49. The summed E-state index contributed by atoms with van der Waals surface area (Å²) < 4.78 is 11.9. The van der Waals surface area contributed by atoms with Gasteiger partial charge in [0.2, 0.25) is 0 Å². The lowest BCUT2D eigenvalue weighted by atomic mass is 9.74. The summed E-state index contributed by atoms with van der Waals surface area (Å²) in [5.41, 5.74) is 0. The fraction of sp³-hybridized carbons (Fsp3) is 0.700. The van der Waals surface area contributed by atoms with Gasteiger partial charge in [-0.05, 0) is 18.1 Å². The molecular formula is C20H33BO2. The third-order valence-electron chi connectivity index (χ3n) is 4.82. The SMILES string of the molecule is CCCCCCC(CCCCCC)CB1Oc2ccccc2O1. The number of fused-ring (bicyclic) bond motifs is 1. The molecule has 2 nitrogen and oxygen atoms in total. The number of hydrogen-bond donors (Lipinski definition) is 0. The normalized spacial score (nSPS) is 13.1. The number of para-hydroxylation sites is 2. The van der Waals surface area contributed by atoms with Crippen molar-refractivity contribution in [3.05, 3.63) is 24.3 Å². The van der Waals surface area contributed by atoms with E-state index in [1.807, 2.05) is 24.3 Å². The Bertz CT molecular complexity index is 398. The van der Waals surface area contributed by atoms with E-state index in [1.165, 1.54) is 64.2 Å². The Balaban J connectivity index is 1.76. The first kappa shape index (κ1) is 18.2. The second kappa shape index (κ2) is 10.6. The first-order valence-electron chi connectivity index (χ1n) is 9.75. The maximum Gasteiger partial charge on any atom is 0.595 e. The van der Waals surface area contributed by atoms with Gasteiger partial charge in [0.25, 0.3) is 0 Å². The highest BCUT2D eigenvalue weighted by Crippen LogP contribution is 2.35. The van der Waals surface area contributed by atoms with Crippen LogP contribution in [0.1, 0.15) is 78.1 Å². The fourth-order valence-corrected chi connectivity index (χ4v) is 3.42. The second-order valence-electron chi connectivity index (χ2n) is 6.91. The maximum atomic E-state index is 5.97. The van der Waals surface area contributed by atoms with Crippen molar-refractivity contribution in [1.29, 1.82) is 0 Å². The quantitative estimate of drug-likeness (QED) is 0.323. The molecule has 2 rings (SSSR count). The Morgan fingerprint density at radius 3 is 1.78 bits per heavy atom. The predicted octanol–water partition coefficient (Wildman–Crippen LogP) is 6.50. The maximum absolute atomic E-state index is 5.97. The zero-order valence-corrected chi connectivity index (χ0v) is 15.1. The third-order valence-corrected chi connectivity index (χ3v) is 4.82. The van der Waals surface area contributed by atoms with Crippen LogP contribution in [-0.2, 0) is 0 Å². The van der Waals surface area contributed by atoms with E-state index in [1.54, 1.807) is 0 Å². The van der Waals surface area contributed by atoms with Crippen molar-refractivity contribution in [3.8, 4) is 11.5 Å². The average molecular weight is 316 g/mol. The summed E-state index contributed by atoms with van der Waals surface area (Å²) in [4.78, 5) is 0. The summed E-state index contributed by atoms with van der Waals surface area (Å²) >= 11 is 0. The Hall–Kier alpha value is -1.12. The average Bonchev–Trinajstić information content (AvgIpc) is 2.97. The Morgan fingerprint density at radius 1 is 0.783 bits per heavy atom. The molecule has 0 aliphatic carbocycles. The highest BCUT2D eigenvalue weighted by molar-refractivity contribution is 6.47. The van der Waals surface area contributed by atoms with E-state index in [4.69, 9.17) is 9.31 Å². The van der Waals surface area contributed by atoms with E-state index in [9.17, 15) is 0 Å². The first-order chi connectivity index (χ1) is 11.3. The molecule has 0 N–H and O–H groups in total. The van der Waals surface area contributed by atoms with E-state index in [-0.39, 0.29) is 7.12 Å². The topological polar surface area (TPSA) is 18.5 Å². The number of hydrogen-bond acceptors (Lipinski definition) is 2. The summed E-state index contributed by atoms with van der Waals surface area (Å²) in [7, 11) is -0.0743. The standard InChI is InChI=1S/C20H33BO2/c1-3-5-7-9-13-18(14-10-8-6-4-2)17-21-22-19-15-11-12-16-20(19)23-21/h11-12,15-16,18H,3-10,13-14,17H2,1-2H3. The monoisotopic (exact) mass is 316 g/mol. The van der Waals surface area contributed by atoms with Gasteiger partial charge in [0, 0.05) is 6.32 Å². The van der Waals surface area contributed by atoms with Crippen LogP contribution in [0.3, 0.4) is 0 Å². The summed E-state index contributed by atoms with van der Waals surface area (Å²) in [6.07, 6.45) is 14.5. The fourth-order valence-electron chi connectivity index (χ4n) is 3.42. The number of unbranched alkanes of at least 4 members (excludes halogenated alkanes) is 6. The predicted molar refractivity (Wildman–Crippen MR) is 99.3 cm³/mol. The van der Waals surface area contributed by atoms with Gasteiger partial charge < -0.3 is 9.31 Å². The zero-order chi connectivity index (χ0) is 16.3. The summed E-state index contributed by atoms with van der Waals surface area (Å²) in [6.45, 7) is 4.55. The lowest BCUT2D eigenvalue weighted by Crippen LogP contribution is -2.27. The molecule has 3 heteroatoms. The van der Waals surface area contributed by atoms with Crippen LogP contribution in [0.5, 0.6) is 11.5 Å². The van der Waals surface area contributed by atoms with Gasteiger partial charge in [-0.2, -0.15) is 0 Å². The van der Waals surface area contributed by atoms with Crippen molar-refractivity contribution >= 4 is 7.12 Å². The van der Waals surface area contributed by atoms with Crippen molar-refractivity contribution in [1.82, 2.24) is 0 Å². The van der Waals surface area contributed by atoms with Crippen molar-refractivity contribution in [2.24, 2.45) is 5.92 Å². The van der Waals surface area contributed by atoms with E-state index < -0.39 is 0 Å². The largest absolute Gasteiger partial charge is 0.595 e. The minimum Gasteiger partial charge on any atom is -0.523 e. The molecule has 1 aliphatic rings. The first-order valence-corrected chi connectivity index (χ1v) is 9.75. The van der Waals surface area contributed by atoms with Crippen molar-refractivity contribution in [2.45, 2.75) is 84.4 Å². The van der Waals surface area contributed by atoms with Gasteiger partial charge in [0.05, 0.1) is 0 Å². The van der Waals surface area contributed by atoms with Gasteiger partial charge in [-0.1, -0.05) is 90.2 Å². The molecule has 0 aromatic heterocycles. The molecule has 0 unspecified atom stereocenters. The minimum atomic E-state index is -0.0743. The van der Waals surface area contributed by atoms with Gasteiger partial charge in [-0.3, -0.25) is 0 Å². The molecule has 1 aliphatic heterocycles.